The molecule has 0 aliphatic rings. The number of hydrogen-bond donors (Lipinski definition) is 2. The van der Waals surface area contributed by atoms with Crippen LogP contribution in [0.2, 0.25) is 5.02 Å². The van der Waals surface area contributed by atoms with Gasteiger partial charge < -0.3 is 5.11 Å². The predicted octanol–water partition coefficient (Wildman–Crippen LogP) is 1.73. The average molecular weight is 310 g/mol. The number of benzene rings is 1. The second kappa shape index (κ2) is 7.35. The van der Waals surface area contributed by atoms with E-state index in [1.54, 1.807) is 23.9 Å². The highest BCUT2D eigenvalue weighted by Crippen LogP contribution is 2.16. The van der Waals surface area contributed by atoms with Gasteiger partial charge in [-0.05, 0) is 36.6 Å². The van der Waals surface area contributed by atoms with Crippen LogP contribution in [0.5, 0.6) is 0 Å². The van der Waals surface area contributed by atoms with Crippen molar-refractivity contribution in [3.63, 3.8) is 0 Å². The van der Waals surface area contributed by atoms with E-state index in [9.17, 15) is 8.42 Å². The number of nitrogens with one attached hydrogen (secondary N) is 1. The molecule has 0 amide bonds. The van der Waals surface area contributed by atoms with Crippen molar-refractivity contribution in [1.29, 1.82) is 0 Å². The van der Waals surface area contributed by atoms with Crippen LogP contribution in [0.25, 0.3) is 0 Å². The lowest BCUT2D eigenvalue weighted by molar-refractivity contribution is 0.254. The highest BCUT2D eigenvalue weighted by Gasteiger charge is 2.19. The molecule has 0 saturated heterocycles. The Morgan fingerprint density at radius 1 is 1.50 bits per heavy atom. The van der Waals surface area contributed by atoms with E-state index in [4.69, 9.17) is 16.7 Å². The zero-order chi connectivity index (χ0) is 13.6. The van der Waals surface area contributed by atoms with Gasteiger partial charge in [0.25, 0.3) is 0 Å². The zero-order valence-corrected chi connectivity index (χ0v) is 12.4. The average Bonchev–Trinajstić information content (AvgIpc) is 2.34. The molecule has 0 aliphatic heterocycles. The molecule has 0 heterocycles. The first-order chi connectivity index (χ1) is 8.49. The van der Waals surface area contributed by atoms with E-state index in [-0.39, 0.29) is 11.5 Å². The van der Waals surface area contributed by atoms with Gasteiger partial charge in [0.05, 0.1) is 11.5 Å². The molecule has 4 nitrogen and oxygen atoms in total. The van der Waals surface area contributed by atoms with E-state index in [0.717, 1.165) is 5.75 Å². The van der Waals surface area contributed by atoms with Gasteiger partial charge in [-0.3, -0.25) is 0 Å². The summed E-state index contributed by atoms with van der Waals surface area (Å²) in [7, 11) is -3.63. The van der Waals surface area contributed by atoms with Gasteiger partial charge in [-0.15, -0.1) is 0 Å². The van der Waals surface area contributed by atoms with Gasteiger partial charge in [-0.1, -0.05) is 17.7 Å². The third kappa shape index (κ3) is 4.78. The lowest BCUT2D eigenvalue weighted by Crippen LogP contribution is -2.37. The number of thioether (sulfide) groups is 1. The van der Waals surface area contributed by atoms with Gasteiger partial charge in [0.1, 0.15) is 0 Å². The minimum absolute atomic E-state index is 0.109. The Bertz CT molecular complexity index is 479. The lowest BCUT2D eigenvalue weighted by Gasteiger charge is -2.16. The summed E-state index contributed by atoms with van der Waals surface area (Å²) in [5.41, 5.74) is 0. The zero-order valence-electron chi connectivity index (χ0n) is 9.97. The molecule has 0 fully saturated rings. The molecular weight excluding hydrogens is 294 g/mol. The molecular formula is C11H16ClNO3S2. The lowest BCUT2D eigenvalue weighted by atomic mass is 10.3. The van der Waals surface area contributed by atoms with Crippen molar-refractivity contribution in [1.82, 2.24) is 4.72 Å². The Hall–Kier alpha value is -0.270. The van der Waals surface area contributed by atoms with E-state index < -0.39 is 16.1 Å². The minimum Gasteiger partial charge on any atom is -0.395 e. The summed E-state index contributed by atoms with van der Waals surface area (Å²) in [6.07, 6.45) is 2.51. The highest BCUT2D eigenvalue weighted by molar-refractivity contribution is 7.98. The summed E-state index contributed by atoms with van der Waals surface area (Å²) in [6, 6.07) is 5.57. The van der Waals surface area contributed by atoms with Crippen LogP contribution in [-0.4, -0.2) is 38.2 Å². The van der Waals surface area contributed by atoms with Gasteiger partial charge >= 0.3 is 0 Å². The smallest absolute Gasteiger partial charge is 0.240 e. The largest absolute Gasteiger partial charge is 0.395 e. The Morgan fingerprint density at radius 3 is 2.78 bits per heavy atom. The van der Waals surface area contributed by atoms with Gasteiger partial charge in [0, 0.05) is 11.1 Å². The number of aliphatic hydroxyl groups excluding tert-OH is 1. The van der Waals surface area contributed by atoms with Crippen LogP contribution in [0.3, 0.4) is 0 Å². The van der Waals surface area contributed by atoms with Crippen LogP contribution in [0, 0.1) is 0 Å². The summed E-state index contributed by atoms with van der Waals surface area (Å²) in [4.78, 5) is 0.109. The van der Waals surface area contributed by atoms with Crippen molar-refractivity contribution < 1.29 is 13.5 Å². The summed E-state index contributed by atoms with van der Waals surface area (Å²) >= 11 is 7.36. The number of aliphatic hydroxyl groups is 1. The predicted molar refractivity (Wildman–Crippen MR) is 75.6 cm³/mol. The van der Waals surface area contributed by atoms with E-state index in [1.165, 1.54) is 12.1 Å². The quantitative estimate of drug-likeness (QED) is 0.805. The molecule has 1 aromatic carbocycles. The van der Waals surface area contributed by atoms with E-state index >= 15 is 0 Å². The normalized spacial score (nSPS) is 13.5. The third-order valence-corrected chi connectivity index (χ3v) is 4.72. The fourth-order valence-corrected chi connectivity index (χ4v) is 3.45. The van der Waals surface area contributed by atoms with Gasteiger partial charge in [0.2, 0.25) is 10.0 Å². The second-order valence-corrected chi connectivity index (χ2v) is 6.88. The van der Waals surface area contributed by atoms with Crippen LogP contribution < -0.4 is 4.72 Å². The minimum atomic E-state index is -3.63. The van der Waals surface area contributed by atoms with Crippen molar-refractivity contribution >= 4 is 33.4 Å². The van der Waals surface area contributed by atoms with E-state index in [0.29, 0.717) is 11.4 Å². The standard InChI is InChI=1S/C11H16ClNO3S2/c1-17-6-5-10(8-14)13-18(15,16)11-4-2-3-9(12)7-11/h2-4,7,10,13-14H,5-6,8H2,1H3. The second-order valence-electron chi connectivity index (χ2n) is 3.74. The molecule has 1 rings (SSSR count). The molecule has 1 aromatic rings. The topological polar surface area (TPSA) is 66.4 Å². The van der Waals surface area contributed by atoms with Crippen LogP contribution in [0.4, 0.5) is 0 Å². The first-order valence-corrected chi connectivity index (χ1v) is 8.63. The van der Waals surface area contributed by atoms with Crippen LogP contribution in [0.15, 0.2) is 29.2 Å². The maximum atomic E-state index is 12.0. The van der Waals surface area contributed by atoms with Crippen molar-refractivity contribution in [2.45, 2.75) is 17.4 Å². The Balaban J connectivity index is 2.80. The SMILES string of the molecule is CSCCC(CO)NS(=O)(=O)c1cccc(Cl)c1. The van der Waals surface area contributed by atoms with E-state index in [2.05, 4.69) is 4.72 Å². The molecule has 102 valence electrons. The highest BCUT2D eigenvalue weighted by atomic mass is 35.5. The first-order valence-electron chi connectivity index (χ1n) is 5.37. The Labute approximate surface area is 117 Å². The first kappa shape index (κ1) is 15.8. The van der Waals surface area contributed by atoms with Crippen LogP contribution in [-0.2, 0) is 10.0 Å². The molecule has 1 atom stereocenters. The molecule has 7 heteroatoms. The monoisotopic (exact) mass is 309 g/mol. The summed E-state index contributed by atoms with van der Waals surface area (Å²) in [5, 5.41) is 9.52. The van der Waals surface area contributed by atoms with Gasteiger partial charge in [0.15, 0.2) is 0 Å². The van der Waals surface area contributed by atoms with Crippen LogP contribution >= 0.6 is 23.4 Å². The summed E-state index contributed by atoms with van der Waals surface area (Å²) < 4.78 is 26.5. The molecule has 0 radical (unpaired) electrons. The van der Waals surface area contributed by atoms with E-state index in [1.807, 2.05) is 6.26 Å². The molecule has 1 unspecified atom stereocenters. The summed E-state index contributed by atoms with van der Waals surface area (Å²) in [5.74, 6) is 0.781. The Morgan fingerprint density at radius 2 is 2.22 bits per heavy atom. The number of sulfonamides is 1. The third-order valence-electron chi connectivity index (χ3n) is 2.32. The number of halogens is 1. The molecule has 0 spiro atoms. The maximum Gasteiger partial charge on any atom is 0.240 e. The molecule has 2 N–H and O–H groups in total. The number of hydrogen-bond acceptors (Lipinski definition) is 4. The van der Waals surface area contributed by atoms with Crippen LogP contribution in [0.1, 0.15) is 6.42 Å². The molecule has 0 aromatic heterocycles. The Kier molecular flexibility index (Phi) is 6.45. The van der Waals surface area contributed by atoms with Gasteiger partial charge in [-0.25, -0.2) is 13.1 Å². The maximum absolute atomic E-state index is 12.0. The molecule has 18 heavy (non-hydrogen) atoms. The fraction of sp³-hybridized carbons (Fsp3) is 0.455. The van der Waals surface area contributed by atoms with Crippen molar-refractivity contribution in [3.05, 3.63) is 29.3 Å². The fourth-order valence-electron chi connectivity index (χ4n) is 1.37. The molecule has 0 saturated carbocycles. The van der Waals surface area contributed by atoms with Gasteiger partial charge in [-0.2, -0.15) is 11.8 Å². The number of rotatable bonds is 7. The van der Waals surface area contributed by atoms with Crippen molar-refractivity contribution in [2.75, 3.05) is 18.6 Å². The van der Waals surface area contributed by atoms with Crippen molar-refractivity contribution in [3.8, 4) is 0 Å². The van der Waals surface area contributed by atoms with Crippen molar-refractivity contribution in [2.24, 2.45) is 0 Å². The molecule has 0 bridgehead atoms. The summed E-state index contributed by atoms with van der Waals surface area (Å²) in [6.45, 7) is -0.222. The molecule has 0 aliphatic carbocycles.